The van der Waals surface area contributed by atoms with Crippen LogP contribution in [-0.2, 0) is 6.42 Å². The van der Waals surface area contributed by atoms with Crippen LogP contribution in [0.1, 0.15) is 23.0 Å². The van der Waals surface area contributed by atoms with E-state index in [1.807, 2.05) is 49.5 Å². The maximum Gasteiger partial charge on any atom is 0.251 e. The van der Waals surface area contributed by atoms with E-state index in [1.165, 1.54) is 0 Å². The fraction of sp³-hybridized carbons (Fsp3) is 0.294. The van der Waals surface area contributed by atoms with Crippen LogP contribution in [0.25, 0.3) is 0 Å². The first-order valence-electron chi connectivity index (χ1n) is 7.20. The van der Waals surface area contributed by atoms with Crippen molar-refractivity contribution in [3.8, 4) is 0 Å². The molecule has 1 aromatic heterocycles. The molecule has 2 aromatic rings. The average molecular weight is 283 g/mol. The van der Waals surface area contributed by atoms with E-state index in [2.05, 4.69) is 22.1 Å². The van der Waals surface area contributed by atoms with Crippen LogP contribution < -0.4 is 10.2 Å². The Kier molecular flexibility index (Phi) is 5.32. The van der Waals surface area contributed by atoms with E-state index < -0.39 is 0 Å². The normalized spacial score (nSPS) is 10.2. The molecule has 0 unspecified atom stereocenters. The Balaban J connectivity index is 1.86. The first-order chi connectivity index (χ1) is 10.2. The van der Waals surface area contributed by atoms with Gasteiger partial charge in [-0.2, -0.15) is 0 Å². The maximum absolute atomic E-state index is 12.0. The smallest absolute Gasteiger partial charge is 0.251 e. The molecule has 0 aliphatic carbocycles. The predicted octanol–water partition coefficient (Wildman–Crippen LogP) is 2.51. The van der Waals surface area contributed by atoms with Crippen LogP contribution in [0.4, 0.5) is 5.69 Å². The molecule has 110 valence electrons. The Morgan fingerprint density at radius 1 is 1.19 bits per heavy atom. The van der Waals surface area contributed by atoms with E-state index in [-0.39, 0.29) is 5.91 Å². The number of benzene rings is 1. The van der Waals surface area contributed by atoms with E-state index in [1.54, 1.807) is 6.20 Å². The highest BCUT2D eigenvalue weighted by molar-refractivity contribution is 5.94. The van der Waals surface area contributed by atoms with Gasteiger partial charge in [-0.05, 0) is 43.3 Å². The van der Waals surface area contributed by atoms with Crippen molar-refractivity contribution in [3.63, 3.8) is 0 Å². The lowest BCUT2D eigenvalue weighted by molar-refractivity contribution is 0.0954. The summed E-state index contributed by atoms with van der Waals surface area (Å²) in [6.07, 6.45) is 2.50. The minimum absolute atomic E-state index is 0.0448. The van der Waals surface area contributed by atoms with E-state index in [9.17, 15) is 4.79 Å². The van der Waals surface area contributed by atoms with E-state index in [0.717, 1.165) is 24.3 Å². The van der Waals surface area contributed by atoms with E-state index >= 15 is 0 Å². The number of aromatic nitrogens is 1. The van der Waals surface area contributed by atoms with Gasteiger partial charge in [0.2, 0.25) is 0 Å². The molecule has 0 aliphatic heterocycles. The van der Waals surface area contributed by atoms with Gasteiger partial charge in [-0.1, -0.05) is 6.07 Å². The molecule has 1 amide bonds. The van der Waals surface area contributed by atoms with Crippen LogP contribution in [-0.4, -0.2) is 31.0 Å². The lowest BCUT2D eigenvalue weighted by Crippen LogP contribution is -2.26. The fourth-order valence-corrected chi connectivity index (χ4v) is 2.00. The van der Waals surface area contributed by atoms with Gasteiger partial charge in [0.25, 0.3) is 5.91 Å². The van der Waals surface area contributed by atoms with Gasteiger partial charge in [-0.25, -0.2) is 0 Å². The zero-order valence-corrected chi connectivity index (χ0v) is 12.5. The number of carbonyl (C=O) groups excluding carboxylic acids is 1. The third-order valence-corrected chi connectivity index (χ3v) is 3.44. The molecule has 1 aromatic carbocycles. The molecule has 1 heterocycles. The lowest BCUT2D eigenvalue weighted by Gasteiger charge is -2.16. The molecule has 21 heavy (non-hydrogen) atoms. The minimum atomic E-state index is -0.0448. The summed E-state index contributed by atoms with van der Waals surface area (Å²) < 4.78 is 0. The van der Waals surface area contributed by atoms with Crippen molar-refractivity contribution in [2.45, 2.75) is 13.3 Å². The van der Waals surface area contributed by atoms with Gasteiger partial charge in [0.1, 0.15) is 0 Å². The van der Waals surface area contributed by atoms with Crippen molar-refractivity contribution in [2.24, 2.45) is 0 Å². The molecule has 0 saturated heterocycles. The molecule has 4 nitrogen and oxygen atoms in total. The molecule has 0 saturated carbocycles. The fourth-order valence-electron chi connectivity index (χ4n) is 2.00. The molecular formula is C17H21N3O. The summed E-state index contributed by atoms with van der Waals surface area (Å²) in [6, 6.07) is 13.5. The van der Waals surface area contributed by atoms with Gasteiger partial charge in [0.05, 0.1) is 0 Å². The number of amides is 1. The Labute approximate surface area is 125 Å². The van der Waals surface area contributed by atoms with Crippen LogP contribution in [0.5, 0.6) is 0 Å². The number of pyridine rings is 1. The summed E-state index contributed by atoms with van der Waals surface area (Å²) in [4.78, 5) is 18.4. The van der Waals surface area contributed by atoms with Crippen LogP contribution in [0.2, 0.25) is 0 Å². The van der Waals surface area contributed by atoms with Gasteiger partial charge in [-0.15, -0.1) is 0 Å². The third-order valence-electron chi connectivity index (χ3n) is 3.44. The number of nitrogens with one attached hydrogen (secondary N) is 1. The van der Waals surface area contributed by atoms with E-state index in [0.29, 0.717) is 12.1 Å². The molecule has 0 atom stereocenters. The molecule has 0 bridgehead atoms. The van der Waals surface area contributed by atoms with Gasteiger partial charge >= 0.3 is 0 Å². The summed E-state index contributed by atoms with van der Waals surface area (Å²) in [5, 5.41) is 2.92. The predicted molar refractivity (Wildman–Crippen MR) is 85.7 cm³/mol. The molecular weight excluding hydrogens is 262 g/mol. The summed E-state index contributed by atoms with van der Waals surface area (Å²) in [7, 11) is 2.03. The minimum Gasteiger partial charge on any atom is -0.375 e. The maximum atomic E-state index is 12.0. The number of rotatable bonds is 6. The molecule has 0 spiro atoms. The monoisotopic (exact) mass is 283 g/mol. The second kappa shape index (κ2) is 7.43. The van der Waals surface area contributed by atoms with E-state index in [4.69, 9.17) is 0 Å². The summed E-state index contributed by atoms with van der Waals surface area (Å²) in [5.41, 5.74) is 2.78. The van der Waals surface area contributed by atoms with Crippen molar-refractivity contribution in [3.05, 3.63) is 59.9 Å². The highest BCUT2D eigenvalue weighted by Gasteiger charge is 2.06. The summed E-state index contributed by atoms with van der Waals surface area (Å²) >= 11 is 0. The topological polar surface area (TPSA) is 45.2 Å². The highest BCUT2D eigenvalue weighted by Crippen LogP contribution is 2.13. The van der Waals surface area contributed by atoms with Crippen molar-refractivity contribution in [2.75, 3.05) is 25.0 Å². The Hall–Kier alpha value is -2.36. The quantitative estimate of drug-likeness (QED) is 0.886. The number of nitrogens with zero attached hydrogens (tertiary/aromatic N) is 2. The molecule has 4 heteroatoms. The number of hydrogen-bond acceptors (Lipinski definition) is 3. The highest BCUT2D eigenvalue weighted by atomic mass is 16.1. The number of anilines is 1. The molecule has 0 fully saturated rings. The van der Waals surface area contributed by atoms with Gasteiger partial charge in [-0.3, -0.25) is 9.78 Å². The van der Waals surface area contributed by atoms with Gasteiger partial charge in [0, 0.05) is 49.7 Å². The SMILES string of the molecule is CCN(C)c1ccc(C(=O)NCCc2ccccn2)cc1. The average Bonchev–Trinajstić information content (AvgIpc) is 2.55. The number of hydrogen-bond donors (Lipinski definition) is 1. The molecule has 0 aliphatic rings. The summed E-state index contributed by atoms with van der Waals surface area (Å²) in [5.74, 6) is -0.0448. The molecule has 1 N–H and O–H groups in total. The van der Waals surface area contributed by atoms with Crippen LogP contribution >= 0.6 is 0 Å². The lowest BCUT2D eigenvalue weighted by atomic mass is 10.2. The Bertz CT molecular complexity index is 566. The largest absolute Gasteiger partial charge is 0.375 e. The Morgan fingerprint density at radius 3 is 2.57 bits per heavy atom. The zero-order chi connectivity index (χ0) is 15.1. The second-order valence-corrected chi connectivity index (χ2v) is 4.89. The molecule has 0 radical (unpaired) electrons. The van der Waals surface area contributed by atoms with Crippen molar-refractivity contribution >= 4 is 11.6 Å². The first kappa shape index (κ1) is 15.0. The number of carbonyl (C=O) groups is 1. The van der Waals surface area contributed by atoms with Crippen molar-refractivity contribution in [1.82, 2.24) is 10.3 Å². The standard InChI is InChI=1S/C17H21N3O/c1-3-20(2)16-9-7-14(8-10-16)17(21)19-13-11-15-6-4-5-12-18-15/h4-10,12H,3,11,13H2,1-2H3,(H,19,21). The zero-order valence-electron chi connectivity index (χ0n) is 12.5. The van der Waals surface area contributed by atoms with Gasteiger partial charge < -0.3 is 10.2 Å². The van der Waals surface area contributed by atoms with Crippen molar-refractivity contribution < 1.29 is 4.79 Å². The van der Waals surface area contributed by atoms with Crippen molar-refractivity contribution in [1.29, 1.82) is 0 Å². The first-order valence-corrected chi connectivity index (χ1v) is 7.20. The van der Waals surface area contributed by atoms with Crippen LogP contribution in [0.15, 0.2) is 48.7 Å². The third kappa shape index (κ3) is 4.31. The van der Waals surface area contributed by atoms with Crippen LogP contribution in [0, 0.1) is 0 Å². The van der Waals surface area contributed by atoms with Crippen LogP contribution in [0.3, 0.4) is 0 Å². The summed E-state index contributed by atoms with van der Waals surface area (Å²) in [6.45, 7) is 3.63. The second-order valence-electron chi connectivity index (χ2n) is 4.89. The molecule has 2 rings (SSSR count). The Morgan fingerprint density at radius 2 is 1.95 bits per heavy atom. The van der Waals surface area contributed by atoms with Gasteiger partial charge in [0.15, 0.2) is 0 Å².